The average molecular weight is 301 g/mol. The summed E-state index contributed by atoms with van der Waals surface area (Å²) in [6, 6.07) is 3.11. The summed E-state index contributed by atoms with van der Waals surface area (Å²) in [5, 5.41) is 8.93. The molecule has 6 nitrogen and oxygen atoms in total. The van der Waals surface area contributed by atoms with Gasteiger partial charge >= 0.3 is 0 Å². The number of thiophene rings is 1. The molecule has 2 aromatic heterocycles. The predicted octanol–water partition coefficient (Wildman–Crippen LogP) is 0.495. The van der Waals surface area contributed by atoms with E-state index in [1.54, 1.807) is 12.3 Å². The normalized spacial score (nSPS) is 11.9. The Morgan fingerprint density at radius 1 is 1.47 bits per heavy atom. The van der Waals surface area contributed by atoms with Crippen molar-refractivity contribution in [1.29, 1.82) is 0 Å². The van der Waals surface area contributed by atoms with Crippen molar-refractivity contribution in [2.24, 2.45) is 7.05 Å². The van der Waals surface area contributed by atoms with Crippen LogP contribution in [0.5, 0.6) is 0 Å². The Morgan fingerprint density at radius 2 is 2.26 bits per heavy atom. The second kappa shape index (κ2) is 5.83. The van der Waals surface area contributed by atoms with Crippen LogP contribution in [0.1, 0.15) is 10.7 Å². The number of sulfonamides is 1. The van der Waals surface area contributed by atoms with E-state index in [0.717, 1.165) is 17.2 Å². The molecule has 2 aromatic rings. The van der Waals surface area contributed by atoms with Crippen molar-refractivity contribution in [3.05, 3.63) is 35.2 Å². The molecule has 0 saturated heterocycles. The maximum Gasteiger partial charge on any atom is 0.250 e. The van der Waals surface area contributed by atoms with Gasteiger partial charge in [-0.15, -0.1) is 11.3 Å². The Morgan fingerprint density at radius 3 is 2.84 bits per heavy atom. The van der Waals surface area contributed by atoms with Crippen LogP contribution in [0, 0.1) is 0 Å². The van der Waals surface area contributed by atoms with E-state index in [-0.39, 0.29) is 10.8 Å². The van der Waals surface area contributed by atoms with Gasteiger partial charge in [-0.05, 0) is 12.1 Å². The number of aromatic nitrogens is 2. The number of hydrogen-bond acceptors (Lipinski definition) is 5. The number of aliphatic hydroxyl groups is 1. The molecule has 0 aliphatic rings. The quantitative estimate of drug-likeness (QED) is 0.813. The number of nitrogens with zero attached hydrogens (tertiary/aromatic N) is 2. The lowest BCUT2D eigenvalue weighted by Gasteiger charge is -2.04. The summed E-state index contributed by atoms with van der Waals surface area (Å²) in [5.41, 5.74) is 0. The van der Waals surface area contributed by atoms with Crippen molar-refractivity contribution in [3.63, 3.8) is 0 Å². The van der Waals surface area contributed by atoms with Crippen LogP contribution >= 0.6 is 11.3 Å². The third-order valence-corrected chi connectivity index (χ3v) is 5.64. The molecule has 0 amide bonds. The first-order chi connectivity index (χ1) is 9.03. The third kappa shape index (κ3) is 3.41. The molecular weight excluding hydrogens is 286 g/mol. The molecule has 0 aromatic carbocycles. The van der Waals surface area contributed by atoms with Crippen LogP contribution in [0.2, 0.25) is 0 Å². The Bertz CT molecular complexity index is 646. The molecule has 8 heteroatoms. The zero-order chi connectivity index (χ0) is 13.9. The molecule has 2 N–H and O–H groups in total. The smallest absolute Gasteiger partial charge is 0.250 e. The van der Waals surface area contributed by atoms with Gasteiger partial charge in [0.1, 0.15) is 10.0 Å². The van der Waals surface area contributed by atoms with Crippen molar-refractivity contribution in [2.45, 2.75) is 17.2 Å². The van der Waals surface area contributed by atoms with E-state index < -0.39 is 10.0 Å². The van der Waals surface area contributed by atoms with Crippen molar-refractivity contribution >= 4 is 21.4 Å². The zero-order valence-corrected chi connectivity index (χ0v) is 12.0. The SMILES string of the molecule is Cn1ccnc1CCNS(=O)(=O)c1ccc(CO)s1. The fourth-order valence-electron chi connectivity index (χ4n) is 1.59. The molecule has 19 heavy (non-hydrogen) atoms. The first-order valence-corrected chi connectivity index (χ1v) is 7.98. The van der Waals surface area contributed by atoms with E-state index in [1.165, 1.54) is 6.07 Å². The third-order valence-electron chi connectivity index (χ3n) is 2.62. The number of hydrogen-bond donors (Lipinski definition) is 2. The van der Waals surface area contributed by atoms with Crippen molar-refractivity contribution in [3.8, 4) is 0 Å². The van der Waals surface area contributed by atoms with Gasteiger partial charge in [-0.1, -0.05) is 0 Å². The van der Waals surface area contributed by atoms with Crippen LogP contribution in [0.25, 0.3) is 0 Å². The van der Waals surface area contributed by atoms with Gasteiger partial charge in [-0.2, -0.15) is 0 Å². The van der Waals surface area contributed by atoms with Gasteiger partial charge in [0.25, 0.3) is 0 Å². The predicted molar refractivity (Wildman–Crippen MR) is 72.3 cm³/mol. The molecule has 0 aliphatic heterocycles. The summed E-state index contributed by atoms with van der Waals surface area (Å²) in [4.78, 5) is 4.75. The number of rotatable bonds is 6. The molecule has 0 spiro atoms. The number of aliphatic hydroxyl groups excluding tert-OH is 1. The highest BCUT2D eigenvalue weighted by molar-refractivity contribution is 7.91. The molecule has 0 aliphatic carbocycles. The van der Waals surface area contributed by atoms with Crippen LogP contribution in [0.3, 0.4) is 0 Å². The van der Waals surface area contributed by atoms with Gasteiger partial charge in [-0.25, -0.2) is 18.1 Å². The van der Waals surface area contributed by atoms with E-state index in [0.29, 0.717) is 17.8 Å². The Hall–Kier alpha value is -1.22. The summed E-state index contributed by atoms with van der Waals surface area (Å²) >= 11 is 1.07. The standard InChI is InChI=1S/C11H15N3O3S2/c1-14-7-6-12-10(14)4-5-13-19(16,17)11-3-2-9(8-15)18-11/h2-3,6-7,13,15H,4-5,8H2,1H3. The minimum Gasteiger partial charge on any atom is -0.391 e. The lowest BCUT2D eigenvalue weighted by Crippen LogP contribution is -2.25. The fraction of sp³-hybridized carbons (Fsp3) is 0.364. The molecule has 0 unspecified atom stereocenters. The van der Waals surface area contributed by atoms with Gasteiger partial charge in [0.05, 0.1) is 6.61 Å². The largest absolute Gasteiger partial charge is 0.391 e. The van der Waals surface area contributed by atoms with Gasteiger partial charge in [0.2, 0.25) is 10.0 Å². The summed E-state index contributed by atoms with van der Waals surface area (Å²) in [7, 11) is -1.63. The van der Waals surface area contributed by atoms with E-state index in [1.807, 2.05) is 17.8 Å². The Labute approximate surface area is 115 Å². The van der Waals surface area contributed by atoms with E-state index in [2.05, 4.69) is 9.71 Å². The van der Waals surface area contributed by atoms with Crippen molar-refractivity contribution < 1.29 is 13.5 Å². The monoisotopic (exact) mass is 301 g/mol. The summed E-state index contributed by atoms with van der Waals surface area (Å²) in [5.74, 6) is 0.824. The zero-order valence-electron chi connectivity index (χ0n) is 10.4. The topological polar surface area (TPSA) is 84.2 Å². The molecule has 0 fully saturated rings. The number of imidazole rings is 1. The first-order valence-electron chi connectivity index (χ1n) is 5.68. The average Bonchev–Trinajstić information content (AvgIpc) is 2.99. The highest BCUT2D eigenvalue weighted by atomic mass is 32.2. The second-order valence-corrected chi connectivity index (χ2v) is 7.14. The summed E-state index contributed by atoms with van der Waals surface area (Å²) < 4.78 is 28.5. The first kappa shape index (κ1) is 14.2. The van der Waals surface area contributed by atoms with Crippen LogP contribution in [0.15, 0.2) is 28.7 Å². The highest BCUT2D eigenvalue weighted by Gasteiger charge is 2.16. The second-order valence-electron chi connectivity index (χ2n) is 3.98. The Kier molecular flexibility index (Phi) is 4.35. The maximum absolute atomic E-state index is 12.0. The molecule has 2 rings (SSSR count). The van der Waals surface area contributed by atoms with E-state index in [4.69, 9.17) is 5.11 Å². The molecular formula is C11H15N3O3S2. The minimum atomic E-state index is -3.50. The van der Waals surface area contributed by atoms with Crippen molar-refractivity contribution in [1.82, 2.24) is 14.3 Å². The lowest BCUT2D eigenvalue weighted by atomic mass is 10.4. The van der Waals surface area contributed by atoms with Crippen LogP contribution in [0.4, 0.5) is 0 Å². The van der Waals surface area contributed by atoms with Gasteiger partial charge in [-0.3, -0.25) is 0 Å². The lowest BCUT2D eigenvalue weighted by molar-refractivity contribution is 0.285. The molecule has 0 atom stereocenters. The van der Waals surface area contributed by atoms with E-state index in [9.17, 15) is 8.42 Å². The van der Waals surface area contributed by atoms with Crippen LogP contribution < -0.4 is 4.72 Å². The Balaban J connectivity index is 1.96. The summed E-state index contributed by atoms with van der Waals surface area (Å²) in [6.45, 7) is 0.146. The molecule has 2 heterocycles. The van der Waals surface area contributed by atoms with Crippen LogP contribution in [-0.2, 0) is 30.1 Å². The maximum atomic E-state index is 12.0. The van der Waals surface area contributed by atoms with Gasteiger partial charge in [0, 0.05) is 37.3 Å². The molecule has 0 bridgehead atoms. The molecule has 0 saturated carbocycles. The fourth-order valence-corrected chi connectivity index (χ4v) is 3.89. The minimum absolute atomic E-state index is 0.145. The summed E-state index contributed by atoms with van der Waals surface area (Å²) in [6.07, 6.45) is 4.02. The molecule has 0 radical (unpaired) electrons. The number of nitrogens with one attached hydrogen (secondary N) is 1. The highest BCUT2D eigenvalue weighted by Crippen LogP contribution is 2.21. The molecule has 104 valence electrons. The van der Waals surface area contributed by atoms with Gasteiger partial charge < -0.3 is 9.67 Å². The van der Waals surface area contributed by atoms with Gasteiger partial charge in [0.15, 0.2) is 0 Å². The van der Waals surface area contributed by atoms with E-state index >= 15 is 0 Å². The van der Waals surface area contributed by atoms with Crippen molar-refractivity contribution in [2.75, 3.05) is 6.54 Å². The number of aryl methyl sites for hydroxylation is 1. The van der Waals surface area contributed by atoms with Crippen LogP contribution in [-0.4, -0.2) is 29.6 Å².